The molecule has 0 saturated carbocycles. The van der Waals surface area contributed by atoms with Crippen molar-refractivity contribution in [3.63, 3.8) is 0 Å². The summed E-state index contributed by atoms with van der Waals surface area (Å²) < 4.78 is 11.4. The summed E-state index contributed by atoms with van der Waals surface area (Å²) in [6, 6.07) is 0. The number of nitrogens with one attached hydrogen (secondary N) is 1. The molecule has 0 spiro atoms. The van der Waals surface area contributed by atoms with E-state index in [1.165, 1.54) is 0 Å². The Morgan fingerprint density at radius 3 is 3.10 bits per heavy atom. The molecule has 1 aliphatic heterocycles. The lowest BCUT2D eigenvalue weighted by Gasteiger charge is -2.32. The first-order valence-corrected chi connectivity index (χ1v) is 7.85. The summed E-state index contributed by atoms with van der Waals surface area (Å²) in [4.78, 5) is 21.6. The van der Waals surface area contributed by atoms with E-state index in [2.05, 4.69) is 21.8 Å². The van der Waals surface area contributed by atoms with Crippen molar-refractivity contribution in [3.05, 3.63) is 25.4 Å². The molecule has 2 heterocycles. The molecule has 1 fully saturated rings. The topological polar surface area (TPSA) is 67.5 Å². The summed E-state index contributed by atoms with van der Waals surface area (Å²) in [6.45, 7) is 5.90. The van der Waals surface area contributed by atoms with E-state index in [9.17, 15) is 4.79 Å². The van der Waals surface area contributed by atoms with Crippen LogP contribution >= 0.6 is 22.6 Å². The number of aromatic amines is 1. The molecule has 20 heavy (non-hydrogen) atoms. The molecule has 1 aromatic rings. The van der Waals surface area contributed by atoms with Crippen LogP contribution in [0.2, 0.25) is 0 Å². The van der Waals surface area contributed by atoms with Crippen molar-refractivity contribution in [2.75, 3.05) is 33.4 Å². The monoisotopic (exact) mass is 393 g/mol. The highest BCUT2D eigenvalue weighted by atomic mass is 127. The van der Waals surface area contributed by atoms with Gasteiger partial charge >= 0.3 is 0 Å². The van der Waals surface area contributed by atoms with Crippen LogP contribution in [0, 0.1) is 3.57 Å². The first kappa shape index (κ1) is 15.9. The molecule has 0 radical (unpaired) electrons. The third-order valence-electron chi connectivity index (χ3n) is 3.23. The van der Waals surface area contributed by atoms with E-state index >= 15 is 0 Å². The standard InChI is InChI=1S/C13H20IN3O3/c1-3-4-17-5-6-20-10(7-17)12-15-9(8-19-2)11(14)13(18)16-12/h10H,3-8H2,1-2H3,(H,15,16,18). The van der Waals surface area contributed by atoms with E-state index in [4.69, 9.17) is 9.47 Å². The Labute approximate surface area is 132 Å². The van der Waals surface area contributed by atoms with Crippen LogP contribution in [0.5, 0.6) is 0 Å². The zero-order valence-electron chi connectivity index (χ0n) is 11.8. The van der Waals surface area contributed by atoms with Crippen LogP contribution in [0.25, 0.3) is 0 Å². The van der Waals surface area contributed by atoms with Gasteiger partial charge in [0.25, 0.3) is 5.56 Å². The van der Waals surface area contributed by atoms with Gasteiger partial charge in [-0.25, -0.2) is 4.98 Å². The van der Waals surface area contributed by atoms with Gasteiger partial charge in [0.15, 0.2) is 0 Å². The molecule has 0 aliphatic carbocycles. The Balaban J connectivity index is 2.21. The largest absolute Gasteiger partial charge is 0.378 e. The minimum Gasteiger partial charge on any atom is -0.378 e. The molecule has 6 nitrogen and oxygen atoms in total. The van der Waals surface area contributed by atoms with Gasteiger partial charge in [-0.2, -0.15) is 0 Å². The first-order valence-electron chi connectivity index (χ1n) is 6.77. The molecular formula is C13H20IN3O3. The zero-order chi connectivity index (χ0) is 14.5. The van der Waals surface area contributed by atoms with Crippen LogP contribution in [-0.4, -0.2) is 48.2 Å². The minimum atomic E-state index is -0.171. The quantitative estimate of drug-likeness (QED) is 0.765. The van der Waals surface area contributed by atoms with Crippen LogP contribution < -0.4 is 5.56 Å². The van der Waals surface area contributed by atoms with Crippen molar-refractivity contribution in [2.24, 2.45) is 0 Å². The lowest BCUT2D eigenvalue weighted by molar-refractivity contribution is -0.0345. The highest BCUT2D eigenvalue weighted by Gasteiger charge is 2.24. The van der Waals surface area contributed by atoms with Gasteiger partial charge in [-0.3, -0.25) is 9.69 Å². The van der Waals surface area contributed by atoms with Crippen molar-refractivity contribution >= 4 is 22.6 Å². The number of halogens is 1. The highest BCUT2D eigenvalue weighted by Crippen LogP contribution is 2.19. The molecule has 1 atom stereocenters. The molecule has 1 unspecified atom stereocenters. The summed E-state index contributed by atoms with van der Waals surface area (Å²) in [5.74, 6) is 0.600. The maximum absolute atomic E-state index is 12.0. The van der Waals surface area contributed by atoms with Crippen LogP contribution in [0.15, 0.2) is 4.79 Å². The van der Waals surface area contributed by atoms with Gasteiger partial charge < -0.3 is 14.5 Å². The van der Waals surface area contributed by atoms with E-state index in [-0.39, 0.29) is 11.7 Å². The van der Waals surface area contributed by atoms with Crippen molar-refractivity contribution in [1.82, 2.24) is 14.9 Å². The Morgan fingerprint density at radius 2 is 2.40 bits per heavy atom. The predicted molar refractivity (Wildman–Crippen MR) is 83.7 cm³/mol. The molecule has 112 valence electrons. The lowest BCUT2D eigenvalue weighted by Crippen LogP contribution is -2.40. The number of nitrogens with zero attached hydrogens (tertiary/aromatic N) is 2. The van der Waals surface area contributed by atoms with E-state index in [1.807, 2.05) is 22.6 Å². The number of hydrogen-bond acceptors (Lipinski definition) is 5. The van der Waals surface area contributed by atoms with Crippen LogP contribution in [0.4, 0.5) is 0 Å². The van der Waals surface area contributed by atoms with Gasteiger partial charge in [-0.15, -0.1) is 0 Å². The minimum absolute atomic E-state index is 0.126. The number of methoxy groups -OCH3 is 1. The SMILES string of the molecule is CCCN1CCOC(c2nc(COC)c(I)c(=O)[nH]2)C1. The summed E-state index contributed by atoms with van der Waals surface area (Å²) in [6.07, 6.45) is 0.939. The van der Waals surface area contributed by atoms with Crippen LogP contribution in [0.3, 0.4) is 0 Å². The third-order valence-corrected chi connectivity index (χ3v) is 4.34. The molecule has 1 aromatic heterocycles. The van der Waals surface area contributed by atoms with Gasteiger partial charge in [0.2, 0.25) is 0 Å². The fourth-order valence-electron chi connectivity index (χ4n) is 2.30. The average molecular weight is 393 g/mol. The summed E-state index contributed by atoms with van der Waals surface area (Å²) in [5, 5.41) is 0. The Bertz CT molecular complexity index is 504. The van der Waals surface area contributed by atoms with Gasteiger partial charge in [0.1, 0.15) is 15.5 Å². The normalized spacial score (nSPS) is 20.2. The summed E-state index contributed by atoms with van der Waals surface area (Å²) >= 11 is 2.00. The molecule has 2 rings (SSSR count). The van der Waals surface area contributed by atoms with Crippen molar-refractivity contribution in [3.8, 4) is 0 Å². The predicted octanol–water partition coefficient (Wildman–Crippen LogP) is 1.30. The maximum atomic E-state index is 12.0. The van der Waals surface area contributed by atoms with Crippen LogP contribution in [0.1, 0.15) is 31.0 Å². The fraction of sp³-hybridized carbons (Fsp3) is 0.692. The zero-order valence-corrected chi connectivity index (χ0v) is 14.0. The van der Waals surface area contributed by atoms with Crippen molar-refractivity contribution in [2.45, 2.75) is 26.1 Å². The Morgan fingerprint density at radius 1 is 1.60 bits per heavy atom. The molecule has 0 bridgehead atoms. The van der Waals surface area contributed by atoms with Crippen molar-refractivity contribution < 1.29 is 9.47 Å². The Hall–Kier alpha value is -0.510. The summed E-state index contributed by atoms with van der Waals surface area (Å²) in [5.41, 5.74) is 0.543. The molecule has 7 heteroatoms. The molecule has 1 saturated heterocycles. The summed E-state index contributed by atoms with van der Waals surface area (Å²) in [7, 11) is 1.60. The van der Waals surface area contributed by atoms with E-state index < -0.39 is 0 Å². The van der Waals surface area contributed by atoms with Gasteiger partial charge in [-0.05, 0) is 35.6 Å². The number of H-pyrrole nitrogens is 1. The smallest absolute Gasteiger partial charge is 0.264 e. The molecule has 0 aromatic carbocycles. The molecule has 0 amide bonds. The van der Waals surface area contributed by atoms with Gasteiger partial charge in [0, 0.05) is 20.2 Å². The highest BCUT2D eigenvalue weighted by molar-refractivity contribution is 14.1. The molecule has 1 aliphatic rings. The third kappa shape index (κ3) is 3.78. The second-order valence-electron chi connectivity index (χ2n) is 4.80. The van der Waals surface area contributed by atoms with E-state index in [0.29, 0.717) is 28.3 Å². The average Bonchev–Trinajstić information content (AvgIpc) is 2.44. The van der Waals surface area contributed by atoms with Gasteiger partial charge in [0.05, 0.1) is 18.9 Å². The van der Waals surface area contributed by atoms with Gasteiger partial charge in [-0.1, -0.05) is 6.92 Å². The molecule has 1 N–H and O–H groups in total. The van der Waals surface area contributed by atoms with Crippen LogP contribution in [-0.2, 0) is 16.1 Å². The number of aromatic nitrogens is 2. The lowest BCUT2D eigenvalue weighted by atomic mass is 10.2. The van der Waals surface area contributed by atoms with E-state index in [1.54, 1.807) is 7.11 Å². The first-order chi connectivity index (χ1) is 9.65. The fourth-order valence-corrected chi connectivity index (χ4v) is 2.71. The van der Waals surface area contributed by atoms with Crippen molar-refractivity contribution in [1.29, 1.82) is 0 Å². The second-order valence-corrected chi connectivity index (χ2v) is 5.88. The number of hydrogen-bond donors (Lipinski definition) is 1. The number of ether oxygens (including phenoxy) is 2. The maximum Gasteiger partial charge on any atom is 0.264 e. The second kappa shape index (κ2) is 7.48. The number of rotatable bonds is 5. The molecular weight excluding hydrogens is 373 g/mol. The number of morpholine rings is 1. The Kier molecular flexibility index (Phi) is 5.94. The van der Waals surface area contributed by atoms with E-state index in [0.717, 1.165) is 26.1 Å².